The molecule has 0 bridgehead atoms. The first kappa shape index (κ1) is 13.9. The number of rotatable bonds is 4. The average molecular weight is 331 g/mol. The topological polar surface area (TPSA) is 49.8 Å². The lowest BCUT2D eigenvalue weighted by molar-refractivity contribution is 0.474. The molecule has 1 fully saturated rings. The van der Waals surface area contributed by atoms with Crippen molar-refractivity contribution in [2.24, 2.45) is 0 Å². The first-order valence-electron chi connectivity index (χ1n) is 6.24. The molecule has 0 radical (unpaired) electrons. The summed E-state index contributed by atoms with van der Waals surface area (Å²) in [4.78, 5) is 8.51. The second-order valence-electron chi connectivity index (χ2n) is 4.44. The molecule has 18 heavy (non-hydrogen) atoms. The molecule has 0 spiro atoms. The highest BCUT2D eigenvalue weighted by Crippen LogP contribution is 2.32. The van der Waals surface area contributed by atoms with Gasteiger partial charge >= 0.3 is 0 Å². The highest BCUT2D eigenvalue weighted by Gasteiger charge is 2.25. The molecule has 2 atom stereocenters. The fraction of sp³-hybridized carbons (Fsp3) is 0.667. The molecule has 2 rings (SSSR count). The van der Waals surface area contributed by atoms with E-state index in [4.69, 9.17) is 0 Å². The summed E-state index contributed by atoms with van der Waals surface area (Å²) in [6.45, 7) is 0. The zero-order valence-electron chi connectivity index (χ0n) is 10.7. The highest BCUT2D eigenvalue weighted by atomic mass is 79.9. The maximum Gasteiger partial charge on any atom is 0.146 e. The van der Waals surface area contributed by atoms with Crippen LogP contribution in [0.15, 0.2) is 10.8 Å². The normalized spacial score (nSPS) is 23.7. The Kier molecular flexibility index (Phi) is 5.12. The van der Waals surface area contributed by atoms with Gasteiger partial charge in [0.25, 0.3) is 0 Å². The van der Waals surface area contributed by atoms with E-state index >= 15 is 0 Å². The van der Waals surface area contributed by atoms with Gasteiger partial charge in [-0.3, -0.25) is 0 Å². The van der Waals surface area contributed by atoms with Gasteiger partial charge in [0, 0.05) is 18.3 Å². The van der Waals surface area contributed by atoms with Gasteiger partial charge in [-0.25, -0.2) is 9.97 Å². The quantitative estimate of drug-likeness (QED) is 0.886. The van der Waals surface area contributed by atoms with Crippen molar-refractivity contribution in [1.29, 1.82) is 0 Å². The molecule has 0 aromatic carbocycles. The van der Waals surface area contributed by atoms with E-state index in [0.29, 0.717) is 11.3 Å². The number of anilines is 2. The Morgan fingerprint density at radius 2 is 2.00 bits per heavy atom. The summed E-state index contributed by atoms with van der Waals surface area (Å²) in [6, 6.07) is 0.504. The lowest BCUT2D eigenvalue weighted by Gasteiger charge is -2.31. The van der Waals surface area contributed by atoms with Gasteiger partial charge in [0.15, 0.2) is 0 Å². The van der Waals surface area contributed by atoms with E-state index < -0.39 is 0 Å². The minimum absolute atomic E-state index is 0.504. The number of halogens is 1. The van der Waals surface area contributed by atoms with Crippen molar-refractivity contribution in [2.45, 2.75) is 37.0 Å². The maximum atomic E-state index is 4.33. The average Bonchev–Trinajstić information content (AvgIpc) is 2.42. The van der Waals surface area contributed by atoms with Crippen molar-refractivity contribution >= 4 is 39.3 Å². The van der Waals surface area contributed by atoms with Crippen LogP contribution in [0.1, 0.15) is 25.7 Å². The van der Waals surface area contributed by atoms with Gasteiger partial charge in [0.2, 0.25) is 0 Å². The molecule has 6 heteroatoms. The third kappa shape index (κ3) is 3.09. The number of hydrogen-bond acceptors (Lipinski definition) is 5. The van der Waals surface area contributed by atoms with Gasteiger partial charge in [-0.05, 0) is 35.0 Å². The van der Waals surface area contributed by atoms with Gasteiger partial charge in [-0.15, -0.1) is 0 Å². The summed E-state index contributed by atoms with van der Waals surface area (Å²) in [5.41, 5.74) is 0. The van der Waals surface area contributed by atoms with E-state index in [0.717, 1.165) is 16.1 Å². The maximum absolute atomic E-state index is 4.33. The Morgan fingerprint density at radius 1 is 1.28 bits per heavy atom. The molecule has 1 aromatic rings. The highest BCUT2D eigenvalue weighted by molar-refractivity contribution is 9.10. The number of thioether (sulfide) groups is 1. The van der Waals surface area contributed by atoms with Gasteiger partial charge < -0.3 is 10.6 Å². The minimum atomic E-state index is 0.504. The largest absolute Gasteiger partial charge is 0.372 e. The first-order chi connectivity index (χ1) is 8.76. The molecule has 1 aliphatic carbocycles. The van der Waals surface area contributed by atoms with Gasteiger partial charge in [-0.1, -0.05) is 12.8 Å². The Labute approximate surface area is 121 Å². The lowest BCUT2D eigenvalue weighted by atomic mass is 9.95. The summed E-state index contributed by atoms with van der Waals surface area (Å²) in [5, 5.41) is 7.30. The van der Waals surface area contributed by atoms with Crippen molar-refractivity contribution in [2.75, 3.05) is 23.9 Å². The molecule has 0 saturated heterocycles. The fourth-order valence-corrected chi connectivity index (χ4v) is 3.82. The standard InChI is InChI=1S/C12H19BrN4S/c1-14-11-10(13)12(16-7-15-11)17-8-5-3-4-6-9(8)18-2/h7-9H,3-6H2,1-2H3,(H2,14,15,16,17). The molecule has 100 valence electrons. The van der Waals surface area contributed by atoms with E-state index in [1.54, 1.807) is 6.33 Å². The number of hydrogen-bond donors (Lipinski definition) is 2. The molecule has 0 aliphatic heterocycles. The van der Waals surface area contributed by atoms with E-state index in [9.17, 15) is 0 Å². The Morgan fingerprint density at radius 3 is 2.72 bits per heavy atom. The van der Waals surface area contributed by atoms with E-state index in [1.165, 1.54) is 25.7 Å². The second-order valence-corrected chi connectivity index (χ2v) is 6.31. The van der Waals surface area contributed by atoms with E-state index in [1.807, 2.05) is 18.8 Å². The summed E-state index contributed by atoms with van der Waals surface area (Å²) in [5.74, 6) is 1.71. The van der Waals surface area contributed by atoms with Crippen LogP contribution in [0.3, 0.4) is 0 Å². The molecular weight excluding hydrogens is 312 g/mol. The van der Waals surface area contributed by atoms with Crippen molar-refractivity contribution in [3.8, 4) is 0 Å². The Hall–Kier alpha value is -0.490. The second kappa shape index (κ2) is 6.61. The van der Waals surface area contributed by atoms with Crippen molar-refractivity contribution in [3.63, 3.8) is 0 Å². The number of nitrogens with one attached hydrogen (secondary N) is 2. The van der Waals surface area contributed by atoms with Gasteiger partial charge in [0.05, 0.1) is 0 Å². The molecule has 1 aliphatic rings. The van der Waals surface area contributed by atoms with Crippen molar-refractivity contribution in [1.82, 2.24) is 9.97 Å². The van der Waals surface area contributed by atoms with Crippen LogP contribution < -0.4 is 10.6 Å². The van der Waals surface area contributed by atoms with Gasteiger partial charge in [-0.2, -0.15) is 11.8 Å². The molecule has 2 N–H and O–H groups in total. The predicted molar refractivity (Wildman–Crippen MR) is 82.5 cm³/mol. The third-order valence-electron chi connectivity index (χ3n) is 3.35. The Bertz CT molecular complexity index is 402. The molecule has 0 amide bonds. The van der Waals surface area contributed by atoms with E-state index in [-0.39, 0.29) is 0 Å². The monoisotopic (exact) mass is 330 g/mol. The first-order valence-corrected chi connectivity index (χ1v) is 8.32. The molecular formula is C12H19BrN4S. The summed E-state index contributed by atoms with van der Waals surface area (Å²) < 4.78 is 0.915. The molecule has 1 saturated carbocycles. The van der Waals surface area contributed by atoms with Crippen molar-refractivity contribution in [3.05, 3.63) is 10.8 Å². The van der Waals surface area contributed by atoms with E-state index in [2.05, 4.69) is 42.8 Å². The third-order valence-corrected chi connectivity index (χ3v) is 5.27. The van der Waals surface area contributed by atoms with Crippen LogP contribution in [-0.2, 0) is 0 Å². The van der Waals surface area contributed by atoms with Crippen LogP contribution in [0.4, 0.5) is 11.6 Å². The molecule has 4 nitrogen and oxygen atoms in total. The van der Waals surface area contributed by atoms with Crippen LogP contribution in [0.25, 0.3) is 0 Å². The smallest absolute Gasteiger partial charge is 0.146 e. The lowest BCUT2D eigenvalue weighted by Crippen LogP contribution is -2.34. The number of nitrogens with zero attached hydrogens (tertiary/aromatic N) is 2. The summed E-state index contributed by atoms with van der Waals surface area (Å²) in [7, 11) is 1.86. The van der Waals surface area contributed by atoms with Gasteiger partial charge in [0.1, 0.15) is 22.4 Å². The SMILES string of the molecule is CNc1ncnc(NC2CCCCC2SC)c1Br. The molecule has 1 heterocycles. The van der Waals surface area contributed by atoms with Crippen molar-refractivity contribution < 1.29 is 0 Å². The zero-order valence-corrected chi connectivity index (χ0v) is 13.1. The van der Waals surface area contributed by atoms with Crippen LogP contribution in [0.5, 0.6) is 0 Å². The van der Waals surface area contributed by atoms with Crippen LogP contribution in [-0.4, -0.2) is 34.6 Å². The predicted octanol–water partition coefficient (Wildman–Crippen LogP) is 3.37. The number of aromatic nitrogens is 2. The van der Waals surface area contributed by atoms with Crippen LogP contribution in [0.2, 0.25) is 0 Å². The van der Waals surface area contributed by atoms with Crippen LogP contribution >= 0.6 is 27.7 Å². The summed E-state index contributed by atoms with van der Waals surface area (Å²) >= 11 is 5.51. The minimum Gasteiger partial charge on any atom is -0.372 e. The zero-order chi connectivity index (χ0) is 13.0. The Balaban J connectivity index is 2.12. The summed E-state index contributed by atoms with van der Waals surface area (Å²) in [6.07, 6.45) is 8.94. The van der Waals surface area contributed by atoms with Crippen LogP contribution in [0, 0.1) is 0 Å². The molecule has 2 unspecified atom stereocenters. The fourth-order valence-electron chi connectivity index (χ4n) is 2.36. The molecule has 1 aromatic heterocycles.